The summed E-state index contributed by atoms with van der Waals surface area (Å²) in [5.74, 6) is 1.12. The van der Waals surface area contributed by atoms with Crippen molar-refractivity contribution in [3.05, 3.63) is 65.5 Å². The van der Waals surface area contributed by atoms with Crippen LogP contribution in [0, 0.1) is 18.2 Å². The Morgan fingerprint density at radius 2 is 1.47 bits per heavy atom. The van der Waals surface area contributed by atoms with Crippen LogP contribution in [-0.4, -0.2) is 19.9 Å². The summed E-state index contributed by atoms with van der Waals surface area (Å²) in [5, 5.41) is 0. The Morgan fingerprint density at radius 3 is 1.89 bits per heavy atom. The molecule has 19 heavy (non-hydrogen) atoms. The molecule has 2 rings (SSSR count). The van der Waals surface area contributed by atoms with E-state index in [1.807, 2.05) is 9.97 Å². The number of rotatable bonds is 0. The van der Waals surface area contributed by atoms with Crippen LogP contribution in [0.5, 0.6) is 0 Å². The van der Waals surface area contributed by atoms with Crippen LogP contribution in [0.2, 0.25) is 0 Å². The number of hydrogen-bond donors (Lipinski definition) is 4. The van der Waals surface area contributed by atoms with Crippen LogP contribution >= 0.6 is 0 Å². The largest absolute Gasteiger partial charge is 0.325 e. The van der Waals surface area contributed by atoms with Crippen molar-refractivity contribution in [2.75, 3.05) is 0 Å². The Balaban J connectivity index is 0.000000191. The van der Waals surface area contributed by atoms with Crippen LogP contribution in [0.25, 0.3) is 0 Å². The number of aromatic amines is 4. The maximum atomic E-state index is 12.0. The first-order chi connectivity index (χ1) is 8.93. The predicted octanol–water partition coefficient (Wildman–Crippen LogP) is -1.75. The number of H-pyrrole nitrogens is 4. The average Bonchev–Trinajstić information content (AvgIpc) is 2.35. The van der Waals surface area contributed by atoms with Gasteiger partial charge in [0.15, 0.2) is 0 Å². The smallest absolute Gasteiger partial charge is 0.313 e. The molecule has 2 heterocycles. The minimum Gasteiger partial charge on any atom is -0.313 e. The first-order valence-electron chi connectivity index (χ1n) is 4.70. The highest BCUT2D eigenvalue weighted by atomic mass is 19.1. The molecule has 0 saturated heterocycles. The van der Waals surface area contributed by atoms with E-state index >= 15 is 0 Å². The Bertz CT molecular complexity index is 836. The highest BCUT2D eigenvalue weighted by Gasteiger charge is 1.93. The van der Waals surface area contributed by atoms with Crippen molar-refractivity contribution in [1.29, 1.82) is 0 Å². The molecule has 0 unspecified atom stereocenters. The van der Waals surface area contributed by atoms with Crippen molar-refractivity contribution in [3.63, 3.8) is 0 Å². The van der Waals surface area contributed by atoms with Gasteiger partial charge in [-0.2, -0.15) is 4.39 Å². The van der Waals surface area contributed by atoms with Gasteiger partial charge >= 0.3 is 11.4 Å². The molecule has 0 aliphatic heterocycles. The summed E-state index contributed by atoms with van der Waals surface area (Å²) in [6, 6.07) is 0. The van der Waals surface area contributed by atoms with Crippen molar-refractivity contribution < 1.29 is 4.39 Å². The maximum absolute atomic E-state index is 12.0. The average molecular weight is 266 g/mol. The summed E-state index contributed by atoms with van der Waals surface area (Å²) >= 11 is 0. The van der Waals surface area contributed by atoms with Gasteiger partial charge in [-0.1, -0.05) is 5.92 Å². The fraction of sp³-hybridized carbons (Fsp3) is 0. The summed E-state index contributed by atoms with van der Waals surface area (Å²) in [4.78, 5) is 49.3. The van der Waals surface area contributed by atoms with Crippen molar-refractivity contribution in [3.8, 4) is 12.3 Å². The predicted molar refractivity (Wildman–Crippen MR) is 63.3 cm³/mol. The summed E-state index contributed by atoms with van der Waals surface area (Å²) in [7, 11) is 0. The lowest BCUT2D eigenvalue weighted by Gasteiger charge is -1.84. The van der Waals surface area contributed by atoms with Crippen molar-refractivity contribution in [1.82, 2.24) is 19.9 Å². The number of aromatic nitrogens is 4. The zero-order valence-electron chi connectivity index (χ0n) is 9.24. The molecule has 0 aliphatic carbocycles. The molecular weight excluding hydrogens is 259 g/mol. The van der Waals surface area contributed by atoms with E-state index in [-0.39, 0.29) is 5.56 Å². The molecule has 0 aliphatic rings. The first kappa shape index (κ1) is 13.9. The van der Waals surface area contributed by atoms with Crippen LogP contribution in [0.3, 0.4) is 0 Å². The molecule has 0 bridgehead atoms. The van der Waals surface area contributed by atoms with Gasteiger partial charge in [0, 0.05) is 12.4 Å². The van der Waals surface area contributed by atoms with E-state index in [1.165, 1.54) is 6.20 Å². The normalized spacial score (nSPS) is 9.05. The third-order valence-electron chi connectivity index (χ3n) is 1.75. The highest BCUT2D eigenvalue weighted by Crippen LogP contribution is 1.75. The monoisotopic (exact) mass is 266 g/mol. The molecule has 0 amide bonds. The molecule has 0 fully saturated rings. The second-order valence-electron chi connectivity index (χ2n) is 3.05. The number of terminal acetylenes is 1. The molecule has 8 nitrogen and oxygen atoms in total. The third-order valence-corrected chi connectivity index (χ3v) is 1.75. The molecule has 2 aromatic heterocycles. The molecule has 0 atom stereocenters. The second kappa shape index (κ2) is 5.97. The lowest BCUT2D eigenvalue weighted by Crippen LogP contribution is -2.23. The molecule has 9 heteroatoms. The zero-order valence-corrected chi connectivity index (χ0v) is 9.24. The van der Waals surface area contributed by atoms with Crippen LogP contribution in [0.1, 0.15) is 5.56 Å². The van der Waals surface area contributed by atoms with Crippen molar-refractivity contribution in [2.24, 2.45) is 0 Å². The van der Waals surface area contributed by atoms with Gasteiger partial charge in [0.25, 0.3) is 11.1 Å². The lowest BCUT2D eigenvalue weighted by molar-refractivity contribution is 0.597. The topological polar surface area (TPSA) is 131 Å². The van der Waals surface area contributed by atoms with Crippen LogP contribution in [0.4, 0.5) is 4.39 Å². The molecule has 0 spiro atoms. The van der Waals surface area contributed by atoms with Gasteiger partial charge in [-0.25, -0.2) is 9.59 Å². The number of halogens is 1. The zero-order chi connectivity index (χ0) is 14.4. The van der Waals surface area contributed by atoms with E-state index in [0.29, 0.717) is 6.20 Å². The van der Waals surface area contributed by atoms with Gasteiger partial charge < -0.3 is 9.97 Å². The van der Waals surface area contributed by atoms with E-state index in [9.17, 15) is 23.6 Å². The Hall–Kier alpha value is -3.15. The van der Waals surface area contributed by atoms with E-state index in [4.69, 9.17) is 6.42 Å². The number of nitrogens with one attached hydrogen (secondary N) is 4. The molecule has 2 aromatic rings. The molecule has 0 aromatic carbocycles. The van der Waals surface area contributed by atoms with Gasteiger partial charge in [0.1, 0.15) is 5.56 Å². The molecule has 98 valence electrons. The van der Waals surface area contributed by atoms with E-state index in [2.05, 4.69) is 10.9 Å². The fourth-order valence-electron chi connectivity index (χ4n) is 0.910. The Kier molecular flexibility index (Phi) is 4.37. The van der Waals surface area contributed by atoms with Gasteiger partial charge in [0.2, 0.25) is 5.82 Å². The van der Waals surface area contributed by atoms with Crippen molar-refractivity contribution >= 4 is 0 Å². The molecular formula is C10H7FN4O4. The van der Waals surface area contributed by atoms with Gasteiger partial charge in [-0.15, -0.1) is 6.42 Å². The molecule has 0 radical (unpaired) electrons. The standard InChI is InChI=1S/C6H4N2O2.C4H3FN2O2/c1-2-4-3-7-6(10)8-5(4)9;5-2-1-6-4(9)7-3(2)8/h1,3H,(H2,7,8,9,10);1H,(H2,6,7,8,9). The lowest BCUT2D eigenvalue weighted by atomic mass is 10.4. The van der Waals surface area contributed by atoms with E-state index < -0.39 is 28.3 Å². The summed E-state index contributed by atoms with van der Waals surface area (Å²) in [6.45, 7) is 0. The quantitative estimate of drug-likeness (QED) is 0.421. The van der Waals surface area contributed by atoms with Gasteiger partial charge in [0.05, 0.1) is 0 Å². The molecule has 0 saturated carbocycles. The van der Waals surface area contributed by atoms with E-state index in [1.54, 1.807) is 4.98 Å². The van der Waals surface area contributed by atoms with Crippen LogP contribution in [0.15, 0.2) is 31.6 Å². The second-order valence-corrected chi connectivity index (χ2v) is 3.05. The van der Waals surface area contributed by atoms with Crippen LogP contribution in [-0.2, 0) is 0 Å². The Labute approximate surface area is 103 Å². The molecule has 4 N–H and O–H groups in total. The first-order valence-corrected chi connectivity index (χ1v) is 4.70. The van der Waals surface area contributed by atoms with Gasteiger partial charge in [-0.3, -0.25) is 19.6 Å². The Morgan fingerprint density at radius 1 is 0.947 bits per heavy atom. The minimum absolute atomic E-state index is 0.125. The number of hydrogen-bond acceptors (Lipinski definition) is 4. The summed E-state index contributed by atoms with van der Waals surface area (Å²) < 4.78 is 12.0. The third kappa shape index (κ3) is 3.97. The van der Waals surface area contributed by atoms with E-state index in [0.717, 1.165) is 0 Å². The summed E-state index contributed by atoms with van der Waals surface area (Å²) in [6.07, 6.45) is 6.81. The highest BCUT2D eigenvalue weighted by molar-refractivity contribution is 5.25. The van der Waals surface area contributed by atoms with Gasteiger partial charge in [-0.05, 0) is 0 Å². The maximum Gasteiger partial charge on any atom is 0.325 e. The van der Waals surface area contributed by atoms with Crippen molar-refractivity contribution in [2.45, 2.75) is 0 Å². The SMILES string of the molecule is C#Cc1c[nH]c(=O)[nH]c1=O.O=c1[nH]cc(F)c(=O)[nH]1. The van der Waals surface area contributed by atoms with Crippen LogP contribution < -0.4 is 22.5 Å². The minimum atomic E-state index is -1.00. The summed E-state index contributed by atoms with van der Waals surface area (Å²) in [5.41, 5.74) is -2.67. The fourth-order valence-corrected chi connectivity index (χ4v) is 0.910.